The van der Waals surface area contributed by atoms with E-state index in [1.807, 2.05) is 0 Å². The van der Waals surface area contributed by atoms with Crippen LogP contribution in [0, 0.1) is 0 Å². The predicted octanol–water partition coefficient (Wildman–Crippen LogP) is 6.13. The zero-order valence-corrected chi connectivity index (χ0v) is 23.6. The Morgan fingerprint density at radius 2 is 1.82 bits per heavy atom. The summed E-state index contributed by atoms with van der Waals surface area (Å²) in [5.41, 5.74) is -0.312. The summed E-state index contributed by atoms with van der Waals surface area (Å²) in [7, 11) is 2.63. The summed E-state index contributed by atoms with van der Waals surface area (Å²) < 4.78 is 90.1. The van der Waals surface area contributed by atoms with Crippen molar-refractivity contribution >= 4 is 17.6 Å². The number of methoxy groups -OCH3 is 1. The van der Waals surface area contributed by atoms with Gasteiger partial charge < -0.3 is 23.8 Å². The second-order valence-corrected chi connectivity index (χ2v) is 10.2. The molecule has 2 aliphatic rings. The van der Waals surface area contributed by atoms with Crippen LogP contribution in [0.2, 0.25) is 0 Å². The minimum atomic E-state index is -4.76. The molecular weight excluding hydrogens is 607 g/mol. The highest BCUT2D eigenvalue weighted by Crippen LogP contribution is 2.44. The number of hydrogen-bond acceptors (Lipinski definition) is 8. The van der Waals surface area contributed by atoms with Gasteiger partial charge in [0.25, 0.3) is 5.91 Å². The zero-order chi connectivity index (χ0) is 32.1. The number of benzene rings is 2. The number of halogens is 5. The maximum absolute atomic E-state index is 14.2. The van der Waals surface area contributed by atoms with Crippen molar-refractivity contribution in [2.24, 2.45) is 0 Å². The Labute approximate surface area is 251 Å². The van der Waals surface area contributed by atoms with Gasteiger partial charge in [-0.2, -0.15) is 18.3 Å². The number of carbonyl (C=O) groups excluding carboxylic acids is 2. The fraction of sp³-hybridized carbons (Fsp3) is 0.267. The van der Waals surface area contributed by atoms with Crippen LogP contribution >= 0.6 is 0 Å². The SMILES string of the molecule is COC(=O)c1ccc(O[C@@H]2CCCc3c(C(F)(F)F)nn(-c4cccc(C(=O)N(C)c5ccc6c(c5)OC(F)(F)O6)c4)c32)nc1. The van der Waals surface area contributed by atoms with Crippen LogP contribution in [0.1, 0.15) is 56.6 Å². The number of fused-ring (bicyclic) bond motifs is 2. The number of pyridine rings is 1. The lowest BCUT2D eigenvalue weighted by atomic mass is 9.93. The monoisotopic (exact) mass is 630 g/mol. The van der Waals surface area contributed by atoms with Crippen molar-refractivity contribution in [1.29, 1.82) is 0 Å². The molecule has 3 heterocycles. The van der Waals surface area contributed by atoms with Crippen LogP contribution in [0.5, 0.6) is 17.4 Å². The van der Waals surface area contributed by atoms with Crippen LogP contribution in [0.15, 0.2) is 60.8 Å². The summed E-state index contributed by atoms with van der Waals surface area (Å²) in [6.45, 7) is 0. The molecule has 1 amide bonds. The molecule has 0 unspecified atom stereocenters. The van der Waals surface area contributed by atoms with E-state index in [2.05, 4.69) is 24.3 Å². The van der Waals surface area contributed by atoms with Crippen molar-refractivity contribution in [3.05, 3.63) is 88.9 Å². The van der Waals surface area contributed by atoms with E-state index in [9.17, 15) is 31.5 Å². The van der Waals surface area contributed by atoms with E-state index < -0.39 is 36.1 Å². The highest BCUT2D eigenvalue weighted by molar-refractivity contribution is 6.06. The van der Waals surface area contributed by atoms with Crippen LogP contribution in [0.3, 0.4) is 0 Å². The predicted molar refractivity (Wildman–Crippen MR) is 146 cm³/mol. The molecule has 2 aromatic carbocycles. The molecule has 1 aliphatic carbocycles. The first-order valence-electron chi connectivity index (χ1n) is 13.5. The van der Waals surface area contributed by atoms with E-state index in [1.54, 1.807) is 0 Å². The van der Waals surface area contributed by atoms with Gasteiger partial charge in [-0.15, -0.1) is 8.78 Å². The van der Waals surface area contributed by atoms with Gasteiger partial charge in [0.1, 0.15) is 6.10 Å². The zero-order valence-electron chi connectivity index (χ0n) is 23.6. The Morgan fingerprint density at radius 3 is 2.53 bits per heavy atom. The first-order chi connectivity index (χ1) is 21.3. The summed E-state index contributed by atoms with van der Waals surface area (Å²) in [6.07, 6.45) is -7.41. The molecular formula is C30H23F5N4O6. The Bertz CT molecular complexity index is 1790. The largest absolute Gasteiger partial charge is 0.586 e. The average Bonchev–Trinajstić information content (AvgIpc) is 3.57. The van der Waals surface area contributed by atoms with Crippen molar-refractivity contribution in [2.45, 2.75) is 37.8 Å². The number of esters is 1. The van der Waals surface area contributed by atoms with E-state index in [4.69, 9.17) is 4.74 Å². The van der Waals surface area contributed by atoms with E-state index in [0.29, 0.717) is 12.8 Å². The molecule has 4 aromatic rings. The highest BCUT2D eigenvalue weighted by Gasteiger charge is 2.44. The quantitative estimate of drug-likeness (QED) is 0.185. The van der Waals surface area contributed by atoms with E-state index in [1.165, 1.54) is 79.9 Å². The van der Waals surface area contributed by atoms with E-state index in [-0.39, 0.29) is 57.6 Å². The number of aromatic nitrogens is 3. The first-order valence-corrected chi connectivity index (χ1v) is 13.5. The summed E-state index contributed by atoms with van der Waals surface area (Å²) in [6, 6.07) is 12.5. The number of carbonyl (C=O) groups is 2. The highest BCUT2D eigenvalue weighted by atomic mass is 19.4. The molecule has 2 aromatic heterocycles. The van der Waals surface area contributed by atoms with Crippen molar-refractivity contribution in [3.8, 4) is 23.1 Å². The van der Waals surface area contributed by atoms with Gasteiger partial charge in [-0.25, -0.2) is 14.5 Å². The second kappa shape index (κ2) is 11.1. The number of rotatable bonds is 6. The molecule has 15 heteroatoms. The van der Waals surface area contributed by atoms with Gasteiger partial charge in [0.05, 0.1) is 24.1 Å². The molecule has 0 spiro atoms. The molecule has 10 nitrogen and oxygen atoms in total. The topological polar surface area (TPSA) is 105 Å². The minimum absolute atomic E-state index is 0.0315. The number of nitrogens with zero attached hydrogens (tertiary/aromatic N) is 4. The third-order valence-corrected chi connectivity index (χ3v) is 7.32. The Hall–Kier alpha value is -5.21. The lowest BCUT2D eigenvalue weighted by Crippen LogP contribution is -2.26. The van der Waals surface area contributed by atoms with Gasteiger partial charge in [0.2, 0.25) is 5.88 Å². The molecule has 0 N–H and O–H groups in total. The molecule has 0 fully saturated rings. The summed E-state index contributed by atoms with van der Waals surface area (Å²) in [5, 5.41) is 3.93. The fourth-order valence-corrected chi connectivity index (χ4v) is 5.24. The summed E-state index contributed by atoms with van der Waals surface area (Å²) in [5.74, 6) is -1.56. The lowest BCUT2D eigenvalue weighted by Gasteiger charge is -2.25. The molecule has 1 atom stereocenters. The standard InChI is InChI=1S/C30H23F5N4O6/c1-38(18-10-11-21-23(14-18)45-30(34,35)44-21)27(40)16-5-3-6-19(13-16)39-25-20(26(37-39)29(31,32)33)7-4-8-22(25)43-24-12-9-17(15-36-24)28(41)42-2/h3,5-6,9-15,22H,4,7-8H2,1-2H3/t22-/m1/s1. The van der Waals surface area contributed by atoms with Crippen LogP contribution < -0.4 is 19.1 Å². The summed E-state index contributed by atoms with van der Waals surface area (Å²) in [4.78, 5) is 30.5. The van der Waals surface area contributed by atoms with Crippen molar-refractivity contribution in [3.63, 3.8) is 0 Å². The van der Waals surface area contributed by atoms with Crippen LogP contribution in [0.4, 0.5) is 27.6 Å². The van der Waals surface area contributed by atoms with Crippen LogP contribution in [-0.2, 0) is 17.3 Å². The second-order valence-electron chi connectivity index (χ2n) is 10.2. The number of hydrogen-bond donors (Lipinski definition) is 0. The maximum atomic E-state index is 14.2. The Morgan fingerprint density at radius 1 is 1.04 bits per heavy atom. The lowest BCUT2D eigenvalue weighted by molar-refractivity contribution is -0.286. The van der Waals surface area contributed by atoms with Crippen molar-refractivity contribution < 1.29 is 50.5 Å². The molecule has 234 valence electrons. The number of amides is 1. The van der Waals surface area contributed by atoms with Gasteiger partial charge in [0.15, 0.2) is 17.2 Å². The smallest absolute Gasteiger partial charge is 0.468 e. The molecule has 0 bridgehead atoms. The van der Waals surface area contributed by atoms with Gasteiger partial charge in [0, 0.05) is 42.2 Å². The molecule has 0 saturated carbocycles. The minimum Gasteiger partial charge on any atom is -0.468 e. The average molecular weight is 631 g/mol. The van der Waals surface area contributed by atoms with Crippen LogP contribution in [-0.4, -0.2) is 47.1 Å². The number of anilines is 1. The molecule has 1 aliphatic heterocycles. The normalized spacial score (nSPS) is 16.6. The van der Waals surface area contributed by atoms with Gasteiger partial charge in [-0.05, 0) is 55.7 Å². The number of ether oxygens (including phenoxy) is 4. The maximum Gasteiger partial charge on any atom is 0.586 e. The van der Waals surface area contributed by atoms with Crippen molar-refractivity contribution in [2.75, 3.05) is 19.1 Å². The molecule has 45 heavy (non-hydrogen) atoms. The van der Waals surface area contributed by atoms with E-state index in [0.717, 1.165) is 4.68 Å². The molecule has 0 saturated heterocycles. The van der Waals surface area contributed by atoms with Gasteiger partial charge in [-0.3, -0.25) is 4.79 Å². The molecule has 6 rings (SSSR count). The molecule has 0 radical (unpaired) electrons. The van der Waals surface area contributed by atoms with E-state index >= 15 is 0 Å². The van der Waals surface area contributed by atoms with Crippen LogP contribution in [0.25, 0.3) is 5.69 Å². The Kier molecular flexibility index (Phi) is 7.33. The summed E-state index contributed by atoms with van der Waals surface area (Å²) >= 11 is 0. The van der Waals surface area contributed by atoms with Crippen molar-refractivity contribution in [1.82, 2.24) is 14.8 Å². The number of alkyl halides is 5. The third-order valence-electron chi connectivity index (χ3n) is 7.32. The first kappa shape index (κ1) is 29.8. The third kappa shape index (κ3) is 5.72. The van der Waals surface area contributed by atoms with Gasteiger partial charge >= 0.3 is 18.4 Å². The fourth-order valence-electron chi connectivity index (χ4n) is 5.24. The van der Waals surface area contributed by atoms with Gasteiger partial charge in [-0.1, -0.05) is 6.07 Å². The Balaban J connectivity index is 1.33.